The summed E-state index contributed by atoms with van der Waals surface area (Å²) in [7, 11) is 0. The van der Waals surface area contributed by atoms with E-state index in [9.17, 15) is 4.79 Å². The smallest absolute Gasteiger partial charge is 0.337 e. The van der Waals surface area contributed by atoms with E-state index in [1.165, 1.54) is 25.9 Å². The van der Waals surface area contributed by atoms with Crippen molar-refractivity contribution < 1.29 is 9.90 Å². The number of benzene rings is 1. The molecule has 20 heavy (non-hydrogen) atoms. The second kappa shape index (κ2) is 5.32. The second-order valence-corrected chi connectivity index (χ2v) is 5.71. The highest BCUT2D eigenvalue weighted by molar-refractivity contribution is 5.94. The van der Waals surface area contributed by atoms with Gasteiger partial charge in [-0.05, 0) is 44.0 Å². The molecule has 0 aromatic heterocycles. The quantitative estimate of drug-likeness (QED) is 0.803. The van der Waals surface area contributed by atoms with Gasteiger partial charge in [-0.3, -0.25) is 4.90 Å². The van der Waals surface area contributed by atoms with Crippen molar-refractivity contribution in [2.45, 2.75) is 25.3 Å². The standard InChI is InChI=1S/C15H21N3O2/c16-14-9-11(4-5-13(14)15(19)20)18-8-2-7-17-6-1-3-12(17)10-18/h4-5,9,12H,1-3,6-8,10,16H2,(H,19,20). The molecule has 5 heteroatoms. The van der Waals surface area contributed by atoms with Crippen LogP contribution < -0.4 is 10.6 Å². The predicted molar refractivity (Wildman–Crippen MR) is 79.2 cm³/mol. The highest BCUT2D eigenvalue weighted by atomic mass is 16.4. The largest absolute Gasteiger partial charge is 0.478 e. The van der Waals surface area contributed by atoms with Crippen LogP contribution in [0.25, 0.3) is 0 Å². The van der Waals surface area contributed by atoms with Gasteiger partial charge >= 0.3 is 5.97 Å². The molecule has 1 unspecified atom stereocenters. The van der Waals surface area contributed by atoms with Gasteiger partial charge in [-0.1, -0.05) is 0 Å². The Balaban J connectivity index is 1.81. The van der Waals surface area contributed by atoms with Crippen LogP contribution >= 0.6 is 0 Å². The summed E-state index contributed by atoms with van der Waals surface area (Å²) in [5, 5.41) is 9.03. The summed E-state index contributed by atoms with van der Waals surface area (Å²) in [5.41, 5.74) is 7.44. The van der Waals surface area contributed by atoms with Gasteiger partial charge in [0.2, 0.25) is 0 Å². The number of carboxylic acid groups (broad SMARTS) is 1. The number of hydrogen-bond donors (Lipinski definition) is 2. The number of nitrogen functional groups attached to an aromatic ring is 1. The van der Waals surface area contributed by atoms with Crippen molar-refractivity contribution in [3.63, 3.8) is 0 Å². The van der Waals surface area contributed by atoms with Gasteiger partial charge in [-0.15, -0.1) is 0 Å². The van der Waals surface area contributed by atoms with Gasteiger partial charge in [0.15, 0.2) is 0 Å². The molecule has 0 aliphatic carbocycles. The van der Waals surface area contributed by atoms with E-state index < -0.39 is 5.97 Å². The number of fused-ring (bicyclic) bond motifs is 1. The molecule has 3 N–H and O–H groups in total. The van der Waals surface area contributed by atoms with Crippen molar-refractivity contribution in [2.75, 3.05) is 36.8 Å². The number of hydrogen-bond acceptors (Lipinski definition) is 4. The molecule has 0 amide bonds. The van der Waals surface area contributed by atoms with Crippen LogP contribution in [0, 0.1) is 0 Å². The highest BCUT2D eigenvalue weighted by Gasteiger charge is 2.28. The monoisotopic (exact) mass is 275 g/mol. The SMILES string of the molecule is Nc1cc(N2CCCN3CCCC3C2)ccc1C(=O)O. The lowest BCUT2D eigenvalue weighted by Gasteiger charge is -2.27. The Bertz CT molecular complexity index is 518. The maximum absolute atomic E-state index is 11.0. The molecule has 1 aromatic rings. The first kappa shape index (κ1) is 13.2. The van der Waals surface area contributed by atoms with Gasteiger partial charge in [-0.2, -0.15) is 0 Å². The Morgan fingerprint density at radius 2 is 2.05 bits per heavy atom. The van der Waals surface area contributed by atoms with Crippen LogP contribution in [-0.2, 0) is 0 Å². The van der Waals surface area contributed by atoms with Crippen LogP contribution in [0.5, 0.6) is 0 Å². The molecule has 2 aliphatic rings. The lowest BCUT2D eigenvalue weighted by Crippen LogP contribution is -2.36. The molecule has 1 aromatic carbocycles. The number of carboxylic acids is 1. The first-order valence-corrected chi connectivity index (χ1v) is 7.27. The van der Waals surface area contributed by atoms with Crippen molar-refractivity contribution >= 4 is 17.3 Å². The predicted octanol–water partition coefficient (Wildman–Crippen LogP) is 1.64. The fourth-order valence-corrected chi connectivity index (χ4v) is 3.38. The minimum absolute atomic E-state index is 0.186. The maximum Gasteiger partial charge on any atom is 0.337 e. The molecule has 1 atom stereocenters. The van der Waals surface area contributed by atoms with Crippen LogP contribution in [0.15, 0.2) is 18.2 Å². The Morgan fingerprint density at radius 3 is 2.80 bits per heavy atom. The Hall–Kier alpha value is -1.75. The zero-order valence-corrected chi connectivity index (χ0v) is 11.6. The normalized spacial score (nSPS) is 23.4. The maximum atomic E-state index is 11.0. The summed E-state index contributed by atoms with van der Waals surface area (Å²) >= 11 is 0. The highest BCUT2D eigenvalue weighted by Crippen LogP contribution is 2.27. The van der Waals surface area contributed by atoms with Gasteiger partial charge in [0.05, 0.1) is 5.56 Å². The third-order valence-corrected chi connectivity index (χ3v) is 4.43. The number of nitrogens with zero attached hydrogens (tertiary/aromatic N) is 2. The van der Waals surface area contributed by atoms with Crippen LogP contribution in [0.2, 0.25) is 0 Å². The van der Waals surface area contributed by atoms with Crippen LogP contribution in [0.1, 0.15) is 29.6 Å². The van der Waals surface area contributed by atoms with Gasteiger partial charge in [0, 0.05) is 37.1 Å². The molecule has 2 fully saturated rings. The van der Waals surface area contributed by atoms with E-state index in [-0.39, 0.29) is 5.56 Å². The fourth-order valence-electron chi connectivity index (χ4n) is 3.38. The molecule has 0 bridgehead atoms. The average Bonchev–Trinajstić information content (AvgIpc) is 2.75. The lowest BCUT2D eigenvalue weighted by molar-refractivity contribution is 0.0698. The average molecular weight is 275 g/mol. The molecule has 2 aliphatic heterocycles. The Morgan fingerprint density at radius 1 is 1.25 bits per heavy atom. The van der Waals surface area contributed by atoms with E-state index in [4.69, 9.17) is 10.8 Å². The molecule has 0 spiro atoms. The summed E-state index contributed by atoms with van der Waals surface area (Å²) < 4.78 is 0. The minimum Gasteiger partial charge on any atom is -0.478 e. The van der Waals surface area contributed by atoms with E-state index in [0.29, 0.717) is 11.7 Å². The van der Waals surface area contributed by atoms with E-state index in [1.807, 2.05) is 6.07 Å². The zero-order valence-electron chi connectivity index (χ0n) is 11.6. The third-order valence-electron chi connectivity index (χ3n) is 4.43. The fraction of sp³-hybridized carbons (Fsp3) is 0.533. The summed E-state index contributed by atoms with van der Waals surface area (Å²) in [6.07, 6.45) is 3.70. The van der Waals surface area contributed by atoms with Crippen LogP contribution in [0.4, 0.5) is 11.4 Å². The summed E-state index contributed by atoms with van der Waals surface area (Å²) in [5.74, 6) is -0.966. The van der Waals surface area contributed by atoms with Crippen molar-refractivity contribution in [3.05, 3.63) is 23.8 Å². The van der Waals surface area contributed by atoms with Crippen molar-refractivity contribution in [2.24, 2.45) is 0 Å². The Kier molecular flexibility index (Phi) is 3.53. The van der Waals surface area contributed by atoms with Gasteiger partial charge in [0.1, 0.15) is 0 Å². The number of rotatable bonds is 2. The molecular formula is C15H21N3O2. The van der Waals surface area contributed by atoms with E-state index in [1.54, 1.807) is 12.1 Å². The molecule has 108 valence electrons. The number of carbonyl (C=O) groups is 1. The first-order chi connectivity index (χ1) is 9.65. The zero-order chi connectivity index (χ0) is 14.1. The molecule has 3 rings (SSSR count). The summed E-state index contributed by atoms with van der Waals surface area (Å²) in [6, 6.07) is 5.93. The molecule has 0 saturated carbocycles. The lowest BCUT2D eigenvalue weighted by atomic mass is 10.1. The summed E-state index contributed by atoms with van der Waals surface area (Å²) in [4.78, 5) is 15.9. The summed E-state index contributed by atoms with van der Waals surface area (Å²) in [6.45, 7) is 4.42. The van der Waals surface area contributed by atoms with E-state index in [2.05, 4.69) is 9.80 Å². The van der Waals surface area contributed by atoms with E-state index in [0.717, 1.165) is 25.2 Å². The topological polar surface area (TPSA) is 69.8 Å². The Labute approximate surface area is 119 Å². The van der Waals surface area contributed by atoms with Crippen LogP contribution in [0.3, 0.4) is 0 Å². The number of anilines is 2. The molecule has 0 radical (unpaired) electrons. The van der Waals surface area contributed by atoms with Crippen molar-refractivity contribution in [3.8, 4) is 0 Å². The van der Waals surface area contributed by atoms with Gasteiger partial charge < -0.3 is 15.7 Å². The van der Waals surface area contributed by atoms with E-state index >= 15 is 0 Å². The molecule has 2 saturated heterocycles. The van der Waals surface area contributed by atoms with Gasteiger partial charge in [0.25, 0.3) is 0 Å². The van der Waals surface area contributed by atoms with Crippen molar-refractivity contribution in [1.29, 1.82) is 0 Å². The number of nitrogens with two attached hydrogens (primary N) is 1. The third kappa shape index (κ3) is 2.45. The first-order valence-electron chi connectivity index (χ1n) is 7.27. The minimum atomic E-state index is -0.966. The van der Waals surface area contributed by atoms with Crippen LogP contribution in [-0.4, -0.2) is 48.2 Å². The second-order valence-electron chi connectivity index (χ2n) is 5.71. The van der Waals surface area contributed by atoms with Crippen molar-refractivity contribution in [1.82, 2.24) is 4.90 Å². The number of aromatic carboxylic acids is 1. The molecule has 2 heterocycles. The molecular weight excluding hydrogens is 254 g/mol. The van der Waals surface area contributed by atoms with Gasteiger partial charge in [-0.25, -0.2) is 4.79 Å². The molecule has 5 nitrogen and oxygen atoms in total.